The molecule has 1 aromatic heterocycles. The zero-order valence-corrected chi connectivity index (χ0v) is 15.9. The van der Waals surface area contributed by atoms with Crippen molar-refractivity contribution in [3.8, 4) is 0 Å². The Bertz CT molecular complexity index is 836. The third kappa shape index (κ3) is 4.18. The molecule has 27 heavy (non-hydrogen) atoms. The summed E-state index contributed by atoms with van der Waals surface area (Å²) in [4.78, 5) is 35.3. The summed E-state index contributed by atoms with van der Waals surface area (Å²) in [7, 11) is -4.25. The molecule has 10 nitrogen and oxygen atoms in total. The van der Waals surface area contributed by atoms with Crippen LogP contribution in [0.15, 0.2) is 22.1 Å². The van der Waals surface area contributed by atoms with E-state index in [1.54, 1.807) is 0 Å². The van der Waals surface area contributed by atoms with E-state index in [4.69, 9.17) is 4.42 Å². The van der Waals surface area contributed by atoms with Crippen molar-refractivity contribution >= 4 is 34.0 Å². The summed E-state index contributed by atoms with van der Waals surface area (Å²) in [6.07, 6.45) is 3.25. The number of hydrogen-bond donors (Lipinski definition) is 0. The van der Waals surface area contributed by atoms with Crippen LogP contribution in [-0.2, 0) is 19.8 Å². The van der Waals surface area contributed by atoms with Crippen molar-refractivity contribution in [2.75, 3.05) is 13.1 Å². The molecule has 2 amide bonds. The van der Waals surface area contributed by atoms with Gasteiger partial charge in [-0.05, 0) is 25.0 Å². The molecule has 1 aliphatic rings. The molecule has 0 spiro atoms. The van der Waals surface area contributed by atoms with E-state index in [0.29, 0.717) is 34.3 Å². The molecular weight excluding hydrogens is 378 g/mol. The van der Waals surface area contributed by atoms with Crippen molar-refractivity contribution in [2.24, 2.45) is 0 Å². The molecule has 1 saturated heterocycles. The zero-order chi connectivity index (χ0) is 20.2. The largest absolute Gasteiger partial charge is 0.433 e. The minimum atomic E-state index is -4.25. The van der Waals surface area contributed by atoms with Crippen molar-refractivity contribution in [1.29, 1.82) is 0 Å². The van der Waals surface area contributed by atoms with Gasteiger partial charge in [0.05, 0.1) is 6.07 Å². The van der Waals surface area contributed by atoms with Gasteiger partial charge < -0.3 is 4.42 Å². The van der Waals surface area contributed by atoms with E-state index in [0.717, 1.165) is 12.1 Å². The first-order valence-electron chi connectivity index (χ1n) is 8.59. The van der Waals surface area contributed by atoms with Gasteiger partial charge in [0, 0.05) is 13.1 Å². The summed E-state index contributed by atoms with van der Waals surface area (Å²) in [5, 5.41) is 10.7. The first-order valence-corrected chi connectivity index (χ1v) is 9.98. The Morgan fingerprint density at radius 1 is 1.07 bits per heavy atom. The van der Waals surface area contributed by atoms with Crippen molar-refractivity contribution in [2.45, 2.75) is 39.5 Å². The molecule has 1 aliphatic heterocycles. The highest BCUT2D eigenvalue weighted by Crippen LogP contribution is 2.26. The Morgan fingerprint density at radius 3 is 2.00 bits per heavy atom. The average Bonchev–Trinajstić information content (AvgIpc) is 3.07. The number of carbonyl (C=O) groups is 2. The molecule has 0 aliphatic carbocycles. The Balaban J connectivity index is 2.48. The van der Waals surface area contributed by atoms with E-state index < -0.39 is 38.4 Å². The fourth-order valence-corrected chi connectivity index (χ4v) is 4.08. The maximum atomic E-state index is 12.7. The predicted molar refractivity (Wildman–Crippen MR) is 95.5 cm³/mol. The highest BCUT2D eigenvalue weighted by Gasteiger charge is 2.46. The van der Waals surface area contributed by atoms with E-state index in [-0.39, 0.29) is 18.8 Å². The Hall–Kier alpha value is -2.69. The fraction of sp³-hybridized carbons (Fsp3) is 0.500. The van der Waals surface area contributed by atoms with Crippen molar-refractivity contribution in [3.63, 3.8) is 0 Å². The number of unbranched alkanes of at least 4 members (excludes halogenated alkanes) is 2. The van der Waals surface area contributed by atoms with E-state index in [9.17, 15) is 28.1 Å². The number of nitro groups is 1. The van der Waals surface area contributed by atoms with Crippen LogP contribution >= 0.6 is 0 Å². The molecule has 1 aromatic rings. The molecule has 0 bridgehead atoms. The molecule has 0 radical (unpaired) electrons. The molecule has 2 rings (SSSR count). The van der Waals surface area contributed by atoms with Crippen LogP contribution in [0, 0.1) is 10.1 Å². The normalized spacial score (nSPS) is 16.7. The highest BCUT2D eigenvalue weighted by molar-refractivity contribution is 7.88. The SMILES string of the molecule is CCCCN1C(=O)C(=Cc2ccc([N+](=O)[O-])o2)C(=O)N(CCCC)S1(=O)=O. The van der Waals surface area contributed by atoms with Crippen LogP contribution in [0.2, 0.25) is 0 Å². The van der Waals surface area contributed by atoms with Crippen LogP contribution in [0.5, 0.6) is 0 Å². The number of amides is 2. The van der Waals surface area contributed by atoms with Gasteiger partial charge in [0.1, 0.15) is 16.3 Å². The van der Waals surface area contributed by atoms with E-state index in [1.807, 2.05) is 13.8 Å². The van der Waals surface area contributed by atoms with Gasteiger partial charge in [-0.1, -0.05) is 26.7 Å². The van der Waals surface area contributed by atoms with Gasteiger partial charge in [-0.15, -0.1) is 0 Å². The lowest BCUT2D eigenvalue weighted by Crippen LogP contribution is -2.56. The van der Waals surface area contributed by atoms with Gasteiger partial charge in [0.2, 0.25) is 0 Å². The summed E-state index contributed by atoms with van der Waals surface area (Å²) in [6, 6.07) is 2.33. The van der Waals surface area contributed by atoms with Gasteiger partial charge >= 0.3 is 16.1 Å². The fourth-order valence-electron chi connectivity index (χ4n) is 2.51. The van der Waals surface area contributed by atoms with Crippen molar-refractivity contribution < 1.29 is 27.3 Å². The first-order chi connectivity index (χ1) is 12.7. The molecule has 0 unspecified atom stereocenters. The van der Waals surface area contributed by atoms with Crippen LogP contribution < -0.4 is 0 Å². The van der Waals surface area contributed by atoms with Crippen LogP contribution in [0.25, 0.3) is 6.08 Å². The number of rotatable bonds is 8. The van der Waals surface area contributed by atoms with Crippen LogP contribution in [0.3, 0.4) is 0 Å². The summed E-state index contributed by atoms with van der Waals surface area (Å²) in [5.41, 5.74) is -0.402. The molecule has 0 N–H and O–H groups in total. The van der Waals surface area contributed by atoms with Crippen LogP contribution in [0.4, 0.5) is 5.88 Å². The third-order valence-corrected chi connectivity index (χ3v) is 5.79. The molecule has 2 heterocycles. The third-order valence-electron chi connectivity index (χ3n) is 3.98. The average molecular weight is 399 g/mol. The first kappa shape index (κ1) is 20.6. The maximum Gasteiger partial charge on any atom is 0.433 e. The second kappa shape index (κ2) is 8.33. The van der Waals surface area contributed by atoms with Crippen LogP contribution in [0.1, 0.15) is 45.3 Å². The number of carbonyl (C=O) groups excluding carboxylic acids is 2. The molecule has 0 aromatic carbocycles. The Kier molecular flexibility index (Phi) is 6.37. The lowest BCUT2D eigenvalue weighted by molar-refractivity contribution is -0.402. The number of furan rings is 1. The molecule has 1 fully saturated rings. The van der Waals surface area contributed by atoms with Gasteiger partial charge in [-0.25, -0.2) is 8.61 Å². The van der Waals surface area contributed by atoms with E-state index in [1.165, 1.54) is 6.07 Å². The Morgan fingerprint density at radius 2 is 1.59 bits per heavy atom. The molecular formula is C16H21N3O7S. The molecule has 0 saturated carbocycles. The quantitative estimate of drug-likeness (QED) is 0.283. The second-order valence-electron chi connectivity index (χ2n) is 5.96. The highest BCUT2D eigenvalue weighted by atomic mass is 32.2. The van der Waals surface area contributed by atoms with E-state index in [2.05, 4.69) is 0 Å². The zero-order valence-electron chi connectivity index (χ0n) is 15.1. The minimum absolute atomic E-state index is 0.0524. The van der Waals surface area contributed by atoms with Gasteiger partial charge in [-0.2, -0.15) is 8.42 Å². The minimum Gasteiger partial charge on any atom is -0.401 e. The van der Waals surface area contributed by atoms with E-state index >= 15 is 0 Å². The predicted octanol–water partition coefficient (Wildman–Crippen LogP) is 2.09. The summed E-state index contributed by atoms with van der Waals surface area (Å²) in [6.45, 7) is 3.59. The number of hydrogen-bond acceptors (Lipinski definition) is 7. The lowest BCUT2D eigenvalue weighted by Gasteiger charge is -2.35. The summed E-state index contributed by atoms with van der Waals surface area (Å²) >= 11 is 0. The summed E-state index contributed by atoms with van der Waals surface area (Å²) < 4.78 is 31.7. The van der Waals surface area contributed by atoms with Crippen LogP contribution in [-0.4, -0.2) is 46.9 Å². The van der Waals surface area contributed by atoms with Crippen molar-refractivity contribution in [1.82, 2.24) is 8.61 Å². The standard InChI is InChI=1S/C16H21N3O7S/c1-3-5-9-17-15(20)13(11-12-7-8-14(26-12)19(22)23)16(21)18(10-6-4-2)27(17,24)25/h7-8,11H,3-6,9-10H2,1-2H3. The molecule has 148 valence electrons. The summed E-state index contributed by atoms with van der Waals surface area (Å²) in [5.74, 6) is -2.54. The van der Waals surface area contributed by atoms with Gasteiger partial charge in [-0.3, -0.25) is 19.7 Å². The smallest absolute Gasteiger partial charge is 0.401 e. The lowest BCUT2D eigenvalue weighted by atomic mass is 10.1. The maximum absolute atomic E-state index is 12.7. The van der Waals surface area contributed by atoms with Crippen molar-refractivity contribution in [3.05, 3.63) is 33.6 Å². The van der Waals surface area contributed by atoms with Gasteiger partial charge in [0.25, 0.3) is 11.8 Å². The topological polar surface area (TPSA) is 131 Å². The number of nitrogens with zero attached hydrogens (tertiary/aromatic N) is 3. The Labute approximate surface area is 156 Å². The van der Waals surface area contributed by atoms with Gasteiger partial charge in [0.15, 0.2) is 0 Å². The molecule has 11 heteroatoms. The molecule has 0 atom stereocenters. The monoisotopic (exact) mass is 399 g/mol. The second-order valence-corrected chi connectivity index (χ2v) is 7.74.